The molecule has 0 saturated carbocycles. The van der Waals surface area contributed by atoms with Gasteiger partial charge in [-0.2, -0.15) is 0 Å². The monoisotopic (exact) mass is 247 g/mol. The van der Waals surface area contributed by atoms with Gasteiger partial charge in [-0.25, -0.2) is 4.39 Å². The second-order valence-electron chi connectivity index (χ2n) is 3.88. The van der Waals surface area contributed by atoms with E-state index < -0.39 is 24.6 Å². The van der Waals surface area contributed by atoms with E-state index in [0.717, 1.165) is 6.07 Å². The highest BCUT2D eigenvalue weighted by Crippen LogP contribution is 2.26. The van der Waals surface area contributed by atoms with Gasteiger partial charge in [0.1, 0.15) is 5.82 Å². The van der Waals surface area contributed by atoms with Crippen LogP contribution in [0.25, 0.3) is 11.1 Å². The van der Waals surface area contributed by atoms with Crippen molar-refractivity contribution >= 4 is 5.97 Å². The zero-order valence-electron chi connectivity index (χ0n) is 12.4. The second kappa shape index (κ2) is 5.00. The number of rotatable bonds is 3. The first-order valence-corrected chi connectivity index (χ1v) is 5.38. The average Bonchev–Trinajstić information content (AvgIpc) is 2.37. The van der Waals surface area contributed by atoms with Gasteiger partial charge < -0.3 is 5.11 Å². The summed E-state index contributed by atoms with van der Waals surface area (Å²) >= 11 is 0. The van der Waals surface area contributed by atoms with E-state index in [-0.39, 0.29) is 5.56 Å². The number of carboxylic acid groups (broad SMARTS) is 1. The van der Waals surface area contributed by atoms with Crippen LogP contribution in [0.15, 0.2) is 48.5 Å². The molecule has 2 rings (SSSR count). The molecule has 0 aromatic heterocycles. The van der Waals surface area contributed by atoms with Gasteiger partial charge in [-0.15, -0.1) is 0 Å². The van der Waals surface area contributed by atoms with Gasteiger partial charge in [-0.1, -0.05) is 42.5 Å². The molecule has 0 spiro atoms. The van der Waals surface area contributed by atoms with E-state index in [2.05, 4.69) is 0 Å². The molecule has 0 aliphatic heterocycles. The lowest BCUT2D eigenvalue weighted by Crippen LogP contribution is -2.07. The Morgan fingerprint density at radius 2 is 2.00 bits per heavy atom. The summed E-state index contributed by atoms with van der Waals surface area (Å²) in [5.41, 5.74) is 0.871. The van der Waals surface area contributed by atoms with Crippen molar-refractivity contribution in [1.29, 1.82) is 0 Å². The Morgan fingerprint density at radius 3 is 2.56 bits per heavy atom. The molecule has 0 amide bonds. The van der Waals surface area contributed by atoms with Gasteiger partial charge in [0, 0.05) is 9.68 Å². The minimum absolute atomic E-state index is 0.0697. The second-order valence-corrected chi connectivity index (χ2v) is 3.88. The Labute approximate surface area is 109 Å². The van der Waals surface area contributed by atoms with Gasteiger partial charge in [-0.05, 0) is 24.0 Å². The van der Waals surface area contributed by atoms with Gasteiger partial charge in [0.05, 0.1) is 5.92 Å². The van der Waals surface area contributed by atoms with Crippen molar-refractivity contribution in [2.24, 2.45) is 0 Å². The van der Waals surface area contributed by atoms with Gasteiger partial charge >= 0.3 is 5.97 Å². The molecule has 92 valence electrons. The lowest BCUT2D eigenvalue weighted by atomic mass is 9.97. The summed E-state index contributed by atoms with van der Waals surface area (Å²) in [7, 11) is 0. The van der Waals surface area contributed by atoms with Crippen LogP contribution in [-0.2, 0) is 4.79 Å². The van der Waals surface area contributed by atoms with Crippen molar-refractivity contribution in [3.8, 4) is 11.1 Å². The third-order valence-corrected chi connectivity index (χ3v) is 2.66. The van der Waals surface area contributed by atoms with E-state index in [4.69, 9.17) is 9.22 Å². The Bertz CT molecular complexity index is 654. The molecule has 0 unspecified atom stereocenters. The molecule has 0 fully saturated rings. The molecule has 0 heterocycles. The molecule has 0 radical (unpaired) electrons. The van der Waals surface area contributed by atoms with Crippen LogP contribution in [0.2, 0.25) is 0 Å². The molecular weight excluding hydrogens is 231 g/mol. The number of hydrogen-bond donors (Lipinski definition) is 1. The molecule has 1 N–H and O–H groups in total. The Balaban J connectivity index is 2.46. The van der Waals surface area contributed by atoms with E-state index >= 15 is 0 Å². The van der Waals surface area contributed by atoms with Crippen LogP contribution in [0.5, 0.6) is 0 Å². The van der Waals surface area contributed by atoms with Crippen molar-refractivity contribution in [2.45, 2.75) is 12.8 Å². The maximum Gasteiger partial charge on any atom is 0.310 e. The van der Waals surface area contributed by atoms with Gasteiger partial charge in [0.15, 0.2) is 0 Å². The summed E-state index contributed by atoms with van der Waals surface area (Å²) in [6.45, 7) is -2.73. The van der Waals surface area contributed by atoms with Crippen LogP contribution < -0.4 is 0 Å². The normalized spacial score (nSPS) is 15.3. The first-order valence-electron chi connectivity index (χ1n) is 6.88. The van der Waals surface area contributed by atoms with E-state index in [1.54, 1.807) is 30.3 Å². The number of halogens is 1. The summed E-state index contributed by atoms with van der Waals surface area (Å²) in [6, 6.07) is 12.5. The molecule has 0 aliphatic rings. The summed E-state index contributed by atoms with van der Waals surface area (Å²) in [5.74, 6) is -3.88. The van der Waals surface area contributed by atoms with Crippen LogP contribution in [0, 0.1) is 5.82 Å². The lowest BCUT2D eigenvalue weighted by Gasteiger charge is -2.09. The molecule has 1 atom stereocenters. The summed E-state index contributed by atoms with van der Waals surface area (Å²) in [6.07, 6.45) is 0. The standard InChI is InChI=1S/C15H13FO2/c1-10(15(17)18)12-7-8-13(14(16)9-12)11-5-3-2-4-6-11/h2-10H,1H3,(H,17,18)/t10-/m0/s1/i1D3. The number of aliphatic carboxylic acids is 1. The largest absolute Gasteiger partial charge is 0.481 e. The number of carboxylic acids is 1. The number of carbonyl (C=O) groups is 1. The van der Waals surface area contributed by atoms with Gasteiger partial charge in [0.25, 0.3) is 0 Å². The van der Waals surface area contributed by atoms with Gasteiger partial charge in [0.2, 0.25) is 0 Å². The van der Waals surface area contributed by atoms with Crippen LogP contribution in [0.1, 0.15) is 22.4 Å². The molecular formula is C15H13FO2. The maximum absolute atomic E-state index is 14.2. The first-order chi connectivity index (χ1) is 9.80. The SMILES string of the molecule is [2H]C([2H])([2H])[C@H](C(=O)O)c1ccc(-c2ccccc2)c(F)c1. The smallest absolute Gasteiger partial charge is 0.310 e. The van der Waals surface area contributed by atoms with Crippen molar-refractivity contribution < 1.29 is 18.4 Å². The molecule has 2 nitrogen and oxygen atoms in total. The summed E-state index contributed by atoms with van der Waals surface area (Å²) < 4.78 is 36.0. The third kappa shape index (κ3) is 2.40. The van der Waals surface area contributed by atoms with Crippen molar-refractivity contribution in [3.63, 3.8) is 0 Å². The van der Waals surface area contributed by atoms with Crippen LogP contribution >= 0.6 is 0 Å². The van der Waals surface area contributed by atoms with Crippen LogP contribution in [0.3, 0.4) is 0 Å². The van der Waals surface area contributed by atoms with E-state index in [0.29, 0.717) is 11.1 Å². The zero-order valence-corrected chi connectivity index (χ0v) is 9.43. The lowest BCUT2D eigenvalue weighted by molar-refractivity contribution is -0.138. The highest BCUT2D eigenvalue weighted by molar-refractivity contribution is 5.76. The van der Waals surface area contributed by atoms with E-state index in [9.17, 15) is 9.18 Å². The predicted octanol–water partition coefficient (Wildman–Crippen LogP) is 3.68. The van der Waals surface area contributed by atoms with E-state index in [1.165, 1.54) is 12.1 Å². The highest BCUT2D eigenvalue weighted by atomic mass is 19.1. The minimum Gasteiger partial charge on any atom is -0.481 e. The average molecular weight is 247 g/mol. The van der Waals surface area contributed by atoms with Gasteiger partial charge in [-0.3, -0.25) is 4.79 Å². The molecule has 2 aromatic carbocycles. The fourth-order valence-corrected chi connectivity index (χ4v) is 1.71. The molecule has 0 saturated heterocycles. The maximum atomic E-state index is 14.2. The highest BCUT2D eigenvalue weighted by Gasteiger charge is 2.15. The molecule has 0 aliphatic carbocycles. The van der Waals surface area contributed by atoms with Crippen molar-refractivity contribution in [1.82, 2.24) is 0 Å². The number of benzene rings is 2. The summed E-state index contributed by atoms with van der Waals surface area (Å²) in [4.78, 5) is 11.1. The Hall–Kier alpha value is -2.16. The van der Waals surface area contributed by atoms with Crippen LogP contribution in [0.4, 0.5) is 4.39 Å². The third-order valence-electron chi connectivity index (χ3n) is 2.66. The Morgan fingerprint density at radius 1 is 1.28 bits per heavy atom. The quantitative estimate of drug-likeness (QED) is 0.898. The van der Waals surface area contributed by atoms with E-state index in [1.807, 2.05) is 0 Å². The molecule has 3 heteroatoms. The van der Waals surface area contributed by atoms with Crippen LogP contribution in [-0.4, -0.2) is 11.1 Å². The molecule has 18 heavy (non-hydrogen) atoms. The number of hydrogen-bond acceptors (Lipinski definition) is 1. The zero-order chi connectivity index (χ0) is 15.6. The minimum atomic E-state index is -2.73. The molecule has 0 bridgehead atoms. The predicted molar refractivity (Wildman–Crippen MR) is 67.9 cm³/mol. The molecule has 2 aromatic rings. The fourth-order valence-electron chi connectivity index (χ4n) is 1.71. The topological polar surface area (TPSA) is 37.3 Å². The van der Waals surface area contributed by atoms with Crippen molar-refractivity contribution in [2.75, 3.05) is 0 Å². The first kappa shape index (κ1) is 8.86. The van der Waals surface area contributed by atoms with Crippen molar-refractivity contribution in [3.05, 3.63) is 59.9 Å². The fraction of sp³-hybridized carbons (Fsp3) is 0.133. The summed E-state index contributed by atoms with van der Waals surface area (Å²) in [5, 5.41) is 9.06. The Kier molecular flexibility index (Phi) is 2.46.